The van der Waals surface area contributed by atoms with Gasteiger partial charge < -0.3 is 0 Å². The van der Waals surface area contributed by atoms with Crippen LogP contribution in [0.2, 0.25) is 0 Å². The van der Waals surface area contributed by atoms with E-state index in [4.69, 9.17) is 9.97 Å². The van der Waals surface area contributed by atoms with Gasteiger partial charge in [-0.3, -0.25) is 0 Å². The average Bonchev–Trinajstić information content (AvgIpc) is 2.93. The van der Waals surface area contributed by atoms with Crippen molar-refractivity contribution in [3.8, 4) is 5.95 Å². The Morgan fingerprint density at radius 3 is 2.50 bits per heavy atom. The Kier molecular flexibility index (Phi) is 3.83. The first-order valence-corrected chi connectivity index (χ1v) is 8.77. The van der Waals surface area contributed by atoms with E-state index >= 15 is 0 Å². The summed E-state index contributed by atoms with van der Waals surface area (Å²) < 4.78 is 1.86. The Balaban J connectivity index is 1.86. The number of para-hydroxylation sites is 1. The van der Waals surface area contributed by atoms with E-state index in [1.807, 2.05) is 24.6 Å². The van der Waals surface area contributed by atoms with Crippen molar-refractivity contribution in [2.75, 3.05) is 0 Å². The van der Waals surface area contributed by atoms with Crippen LogP contribution in [0.3, 0.4) is 0 Å². The van der Waals surface area contributed by atoms with Crippen molar-refractivity contribution >= 4 is 10.9 Å². The molecule has 0 aliphatic heterocycles. The van der Waals surface area contributed by atoms with Crippen LogP contribution in [0.15, 0.2) is 30.3 Å². The Bertz CT molecular complexity index is 872. The summed E-state index contributed by atoms with van der Waals surface area (Å²) in [6.45, 7) is 6.40. The van der Waals surface area contributed by atoms with Crippen LogP contribution in [-0.2, 0) is 0 Å². The first-order valence-electron chi connectivity index (χ1n) is 8.77. The van der Waals surface area contributed by atoms with Crippen LogP contribution < -0.4 is 0 Å². The van der Waals surface area contributed by atoms with Crippen molar-refractivity contribution in [1.82, 2.24) is 19.7 Å². The number of hydrogen-bond acceptors (Lipinski definition) is 3. The molecule has 1 aromatic carbocycles. The van der Waals surface area contributed by atoms with Crippen molar-refractivity contribution < 1.29 is 0 Å². The molecule has 123 valence electrons. The minimum Gasteiger partial charge on any atom is -0.215 e. The van der Waals surface area contributed by atoms with E-state index in [0.717, 1.165) is 46.7 Å². The number of rotatable bonds is 2. The normalized spacial score (nSPS) is 16.8. The summed E-state index contributed by atoms with van der Waals surface area (Å²) in [7, 11) is 0. The number of hydrogen-bond donors (Lipinski definition) is 0. The quantitative estimate of drug-likeness (QED) is 0.695. The number of nitrogens with zero attached hydrogens (tertiary/aromatic N) is 4. The van der Waals surface area contributed by atoms with E-state index in [-0.39, 0.29) is 0 Å². The van der Waals surface area contributed by atoms with Gasteiger partial charge in [-0.15, -0.1) is 0 Å². The fraction of sp³-hybridized carbons (Fsp3) is 0.400. The highest BCUT2D eigenvalue weighted by atomic mass is 15.4. The highest BCUT2D eigenvalue weighted by Gasteiger charge is 2.24. The van der Waals surface area contributed by atoms with Gasteiger partial charge in [-0.25, -0.2) is 14.6 Å². The molecule has 2 heterocycles. The molecular formula is C20H23N4. The molecule has 24 heavy (non-hydrogen) atoms. The van der Waals surface area contributed by atoms with Crippen molar-refractivity contribution in [2.45, 2.75) is 46.5 Å². The van der Waals surface area contributed by atoms with E-state index in [1.54, 1.807) is 0 Å². The fourth-order valence-electron chi connectivity index (χ4n) is 3.61. The molecule has 0 unspecified atom stereocenters. The van der Waals surface area contributed by atoms with Gasteiger partial charge in [0.15, 0.2) is 0 Å². The van der Waals surface area contributed by atoms with E-state index in [9.17, 15) is 0 Å². The molecule has 4 nitrogen and oxygen atoms in total. The number of fused-ring (bicyclic) bond motifs is 1. The van der Waals surface area contributed by atoms with Crippen molar-refractivity contribution in [3.05, 3.63) is 53.3 Å². The Hall–Kier alpha value is -2.23. The van der Waals surface area contributed by atoms with E-state index in [2.05, 4.69) is 36.3 Å². The van der Waals surface area contributed by atoms with Gasteiger partial charge in [0, 0.05) is 17.0 Å². The summed E-state index contributed by atoms with van der Waals surface area (Å²) in [5.74, 6) is 2.97. The average molecular weight is 319 g/mol. The predicted molar refractivity (Wildman–Crippen MR) is 96.1 cm³/mol. The Morgan fingerprint density at radius 2 is 1.79 bits per heavy atom. The van der Waals surface area contributed by atoms with Crippen molar-refractivity contribution in [1.29, 1.82) is 0 Å². The van der Waals surface area contributed by atoms with Gasteiger partial charge in [0.05, 0.1) is 16.9 Å². The molecule has 3 aromatic rings. The van der Waals surface area contributed by atoms with Gasteiger partial charge in [-0.2, -0.15) is 5.10 Å². The molecule has 0 amide bonds. The molecule has 1 aliphatic rings. The summed E-state index contributed by atoms with van der Waals surface area (Å²) in [4.78, 5) is 9.71. The van der Waals surface area contributed by atoms with Gasteiger partial charge >= 0.3 is 0 Å². The summed E-state index contributed by atoms with van der Waals surface area (Å²) in [6.07, 6.45) is 4.78. The molecular weight excluding hydrogens is 296 g/mol. The molecule has 0 saturated heterocycles. The Morgan fingerprint density at radius 1 is 1.04 bits per heavy atom. The van der Waals surface area contributed by atoms with Crippen LogP contribution in [0.1, 0.15) is 49.7 Å². The second-order valence-corrected chi connectivity index (χ2v) is 7.01. The third kappa shape index (κ3) is 2.70. The molecule has 1 saturated carbocycles. The van der Waals surface area contributed by atoms with Crippen LogP contribution >= 0.6 is 0 Å². The van der Waals surface area contributed by atoms with Gasteiger partial charge in [0.1, 0.15) is 0 Å². The molecule has 0 N–H and O–H groups in total. The minimum absolute atomic E-state index is 0.681. The zero-order chi connectivity index (χ0) is 16.7. The van der Waals surface area contributed by atoms with E-state index in [0.29, 0.717) is 5.95 Å². The topological polar surface area (TPSA) is 43.6 Å². The van der Waals surface area contributed by atoms with Crippen LogP contribution in [0, 0.1) is 25.7 Å². The fourth-order valence-corrected chi connectivity index (χ4v) is 3.61. The zero-order valence-electron chi connectivity index (χ0n) is 14.6. The second kappa shape index (κ2) is 6.00. The van der Waals surface area contributed by atoms with Crippen molar-refractivity contribution in [3.63, 3.8) is 0 Å². The highest BCUT2D eigenvalue weighted by molar-refractivity contribution is 5.83. The number of aromatic nitrogens is 4. The minimum atomic E-state index is 0.681. The Labute approximate surface area is 142 Å². The lowest BCUT2D eigenvalue weighted by atomic mass is 9.80. The van der Waals surface area contributed by atoms with Crippen LogP contribution in [-0.4, -0.2) is 19.7 Å². The van der Waals surface area contributed by atoms with Crippen LogP contribution in [0.25, 0.3) is 16.9 Å². The lowest BCUT2D eigenvalue weighted by Gasteiger charge is -2.26. The maximum atomic E-state index is 4.95. The molecule has 1 fully saturated rings. The largest absolute Gasteiger partial charge is 0.251 e. The second-order valence-electron chi connectivity index (χ2n) is 7.01. The summed E-state index contributed by atoms with van der Waals surface area (Å²) in [5.41, 5.74) is 4.17. The number of aryl methyl sites for hydroxylation is 2. The smallest absolute Gasteiger partial charge is 0.215 e. The maximum Gasteiger partial charge on any atom is 0.251 e. The standard InChI is InChI=1S/C20H23N4/c1-13-8-10-16(11-9-13)19-17-6-4-5-7-18(17)21-20(22-19)24-15(3)12-14(2)23-24/h4-7,12-13H,8-11H2,1-3H3. The van der Waals surface area contributed by atoms with Gasteiger partial charge in [-0.1, -0.05) is 25.1 Å². The lowest BCUT2D eigenvalue weighted by molar-refractivity contribution is 0.415. The highest BCUT2D eigenvalue weighted by Crippen LogP contribution is 2.36. The van der Waals surface area contributed by atoms with Crippen LogP contribution in [0.4, 0.5) is 0 Å². The maximum absolute atomic E-state index is 4.95. The molecule has 0 spiro atoms. The SMILES string of the molecule is Cc1cc(C)n(-c2nc([C]3CCC(C)CC3)c3ccccc3n2)n1. The van der Waals surface area contributed by atoms with Gasteiger partial charge in [0.2, 0.25) is 0 Å². The molecule has 1 aliphatic carbocycles. The molecule has 4 rings (SSSR count). The monoisotopic (exact) mass is 319 g/mol. The van der Waals surface area contributed by atoms with E-state index in [1.165, 1.54) is 18.8 Å². The molecule has 2 aromatic heterocycles. The third-order valence-corrected chi connectivity index (χ3v) is 5.00. The summed E-state index contributed by atoms with van der Waals surface area (Å²) >= 11 is 0. The third-order valence-electron chi connectivity index (χ3n) is 5.00. The van der Waals surface area contributed by atoms with Crippen molar-refractivity contribution in [2.24, 2.45) is 5.92 Å². The van der Waals surface area contributed by atoms with Gasteiger partial charge in [0.25, 0.3) is 5.95 Å². The first kappa shape index (κ1) is 15.3. The van der Waals surface area contributed by atoms with Gasteiger partial charge in [-0.05, 0) is 57.6 Å². The predicted octanol–water partition coefficient (Wildman–Crippen LogP) is 4.57. The first-order chi connectivity index (χ1) is 11.6. The molecule has 0 bridgehead atoms. The molecule has 1 radical (unpaired) electrons. The lowest BCUT2D eigenvalue weighted by Crippen LogP contribution is -2.15. The number of benzene rings is 1. The van der Waals surface area contributed by atoms with Crippen LogP contribution in [0.5, 0.6) is 0 Å². The molecule has 4 heteroatoms. The van der Waals surface area contributed by atoms with E-state index < -0.39 is 0 Å². The molecule has 0 atom stereocenters. The summed E-state index contributed by atoms with van der Waals surface area (Å²) in [5, 5.41) is 5.73. The summed E-state index contributed by atoms with van der Waals surface area (Å²) in [6, 6.07) is 10.4. The zero-order valence-corrected chi connectivity index (χ0v) is 14.6.